The Hall–Kier alpha value is -1.55. The summed E-state index contributed by atoms with van der Waals surface area (Å²) in [6.07, 6.45) is 8.97. The first-order valence-corrected chi connectivity index (χ1v) is 10.0. The molecule has 2 fully saturated rings. The summed E-state index contributed by atoms with van der Waals surface area (Å²) < 4.78 is 5.54. The number of amides is 1. The molecular weight excluding hydrogens is 312 g/mol. The predicted molar refractivity (Wildman–Crippen MR) is 98.9 cm³/mol. The second kappa shape index (κ2) is 7.77. The summed E-state index contributed by atoms with van der Waals surface area (Å²) in [5.74, 6) is 1.86. The topological polar surface area (TPSA) is 41.6 Å². The number of carbonyl (C=O) groups excluding carboxylic acids is 1. The Morgan fingerprint density at radius 1 is 1.20 bits per heavy atom. The summed E-state index contributed by atoms with van der Waals surface area (Å²) >= 11 is 0. The average molecular weight is 342 g/mol. The van der Waals surface area contributed by atoms with Crippen LogP contribution in [0.5, 0.6) is 5.75 Å². The minimum atomic E-state index is 0.199. The van der Waals surface area contributed by atoms with Gasteiger partial charge in [-0.2, -0.15) is 0 Å². The van der Waals surface area contributed by atoms with Crippen LogP contribution in [0.3, 0.4) is 0 Å². The molecule has 0 aromatic heterocycles. The van der Waals surface area contributed by atoms with Gasteiger partial charge in [-0.3, -0.25) is 4.79 Å². The number of benzene rings is 1. The molecule has 25 heavy (non-hydrogen) atoms. The summed E-state index contributed by atoms with van der Waals surface area (Å²) in [6, 6.07) is 7.06. The van der Waals surface area contributed by atoms with Crippen LogP contribution in [0.15, 0.2) is 18.2 Å². The standard InChI is InChI=1S/C21H30N2O2/c24-21(9-7-16-6-8-20-17(14-16)10-13-25-20)22-15-18-4-3-12-23-11-2-1-5-19(18)23/h6,8,14,18-19H,1-5,7,9-13,15H2,(H,22,24). The van der Waals surface area contributed by atoms with Crippen LogP contribution >= 0.6 is 0 Å². The Labute approximate surface area is 150 Å². The van der Waals surface area contributed by atoms with Crippen molar-refractivity contribution in [2.45, 2.75) is 57.4 Å². The highest BCUT2D eigenvalue weighted by Crippen LogP contribution is 2.30. The van der Waals surface area contributed by atoms with E-state index in [-0.39, 0.29) is 5.91 Å². The smallest absolute Gasteiger partial charge is 0.220 e. The van der Waals surface area contributed by atoms with Gasteiger partial charge in [0.05, 0.1) is 6.61 Å². The zero-order valence-electron chi connectivity index (χ0n) is 15.1. The van der Waals surface area contributed by atoms with Crippen LogP contribution in [0.25, 0.3) is 0 Å². The van der Waals surface area contributed by atoms with Gasteiger partial charge in [0, 0.05) is 25.4 Å². The lowest BCUT2D eigenvalue weighted by atomic mass is 9.83. The number of rotatable bonds is 5. The Morgan fingerprint density at radius 3 is 3.08 bits per heavy atom. The van der Waals surface area contributed by atoms with Crippen LogP contribution in [0.1, 0.15) is 49.7 Å². The molecule has 3 aliphatic rings. The molecule has 4 rings (SSSR count). The third kappa shape index (κ3) is 4.00. The van der Waals surface area contributed by atoms with Gasteiger partial charge in [-0.15, -0.1) is 0 Å². The first kappa shape index (κ1) is 16.9. The van der Waals surface area contributed by atoms with Crippen LogP contribution in [-0.2, 0) is 17.6 Å². The second-order valence-corrected chi connectivity index (χ2v) is 7.85. The van der Waals surface area contributed by atoms with E-state index >= 15 is 0 Å². The molecule has 0 bridgehead atoms. The van der Waals surface area contributed by atoms with Crippen molar-refractivity contribution in [2.24, 2.45) is 5.92 Å². The molecule has 136 valence electrons. The molecule has 4 nitrogen and oxygen atoms in total. The third-order valence-electron chi connectivity index (χ3n) is 6.18. The van der Waals surface area contributed by atoms with Crippen LogP contribution < -0.4 is 10.1 Å². The lowest BCUT2D eigenvalue weighted by Gasteiger charge is -2.44. The van der Waals surface area contributed by atoms with Crippen molar-refractivity contribution in [1.82, 2.24) is 10.2 Å². The number of hydrogen-bond acceptors (Lipinski definition) is 3. The van der Waals surface area contributed by atoms with Gasteiger partial charge >= 0.3 is 0 Å². The van der Waals surface area contributed by atoms with Crippen molar-refractivity contribution in [3.05, 3.63) is 29.3 Å². The van der Waals surface area contributed by atoms with Gasteiger partial charge in [-0.05, 0) is 68.3 Å². The van der Waals surface area contributed by atoms with E-state index in [0.717, 1.165) is 31.7 Å². The number of nitrogens with one attached hydrogen (secondary N) is 1. The van der Waals surface area contributed by atoms with Crippen molar-refractivity contribution in [3.63, 3.8) is 0 Å². The van der Waals surface area contributed by atoms with Gasteiger partial charge in [0.25, 0.3) is 0 Å². The molecule has 0 radical (unpaired) electrons. The number of aryl methyl sites for hydroxylation is 1. The SMILES string of the molecule is O=C(CCc1ccc2c(c1)CCO2)NCC1CCCN2CCCCC12. The van der Waals surface area contributed by atoms with E-state index in [2.05, 4.69) is 28.4 Å². The molecule has 2 unspecified atom stereocenters. The summed E-state index contributed by atoms with van der Waals surface area (Å²) in [4.78, 5) is 15.0. The second-order valence-electron chi connectivity index (χ2n) is 7.85. The zero-order chi connectivity index (χ0) is 17.1. The molecule has 2 atom stereocenters. The fraction of sp³-hybridized carbons (Fsp3) is 0.667. The summed E-state index contributed by atoms with van der Waals surface area (Å²) in [5.41, 5.74) is 2.54. The van der Waals surface area contributed by atoms with Crippen LogP contribution in [0.2, 0.25) is 0 Å². The minimum absolute atomic E-state index is 0.199. The van der Waals surface area contributed by atoms with Crippen molar-refractivity contribution in [3.8, 4) is 5.75 Å². The number of hydrogen-bond donors (Lipinski definition) is 1. The van der Waals surface area contributed by atoms with Gasteiger partial charge in [-0.25, -0.2) is 0 Å². The molecule has 1 amide bonds. The maximum absolute atomic E-state index is 12.3. The van der Waals surface area contributed by atoms with Gasteiger partial charge in [0.15, 0.2) is 0 Å². The minimum Gasteiger partial charge on any atom is -0.493 e. The molecule has 0 saturated carbocycles. The Morgan fingerprint density at radius 2 is 2.12 bits per heavy atom. The van der Waals surface area contributed by atoms with E-state index in [1.54, 1.807) is 0 Å². The Bertz CT molecular complexity index is 614. The van der Waals surface area contributed by atoms with Crippen molar-refractivity contribution in [1.29, 1.82) is 0 Å². The highest BCUT2D eigenvalue weighted by atomic mass is 16.5. The maximum Gasteiger partial charge on any atom is 0.220 e. The number of piperidine rings is 2. The molecule has 0 aliphatic carbocycles. The predicted octanol–water partition coefficient (Wildman–Crippen LogP) is 2.93. The van der Waals surface area contributed by atoms with Gasteiger partial charge in [0.2, 0.25) is 5.91 Å². The molecule has 3 heterocycles. The van der Waals surface area contributed by atoms with Crippen molar-refractivity contribution < 1.29 is 9.53 Å². The summed E-state index contributed by atoms with van der Waals surface area (Å²) in [6.45, 7) is 4.17. The molecule has 0 spiro atoms. The fourth-order valence-electron chi connectivity index (χ4n) is 4.80. The lowest BCUT2D eigenvalue weighted by molar-refractivity contribution is -0.121. The largest absolute Gasteiger partial charge is 0.493 e. The third-order valence-corrected chi connectivity index (χ3v) is 6.18. The molecule has 1 aromatic carbocycles. The number of fused-ring (bicyclic) bond motifs is 2. The zero-order valence-corrected chi connectivity index (χ0v) is 15.1. The lowest BCUT2D eigenvalue weighted by Crippen LogP contribution is -2.51. The van der Waals surface area contributed by atoms with E-state index in [0.29, 0.717) is 18.4 Å². The first-order valence-electron chi connectivity index (χ1n) is 10.0. The van der Waals surface area contributed by atoms with Crippen LogP contribution in [-0.4, -0.2) is 43.1 Å². The van der Waals surface area contributed by atoms with E-state index in [1.165, 1.54) is 56.3 Å². The summed E-state index contributed by atoms with van der Waals surface area (Å²) in [7, 11) is 0. The molecule has 1 N–H and O–H groups in total. The van der Waals surface area contributed by atoms with Crippen molar-refractivity contribution in [2.75, 3.05) is 26.2 Å². The van der Waals surface area contributed by atoms with Gasteiger partial charge < -0.3 is 15.0 Å². The van der Waals surface area contributed by atoms with Crippen molar-refractivity contribution >= 4 is 5.91 Å². The van der Waals surface area contributed by atoms with Gasteiger partial charge in [0.1, 0.15) is 5.75 Å². The number of nitrogens with zero attached hydrogens (tertiary/aromatic N) is 1. The molecule has 4 heteroatoms. The molecule has 1 aromatic rings. The van der Waals surface area contributed by atoms with Crippen LogP contribution in [0.4, 0.5) is 0 Å². The highest BCUT2D eigenvalue weighted by Gasteiger charge is 2.32. The highest BCUT2D eigenvalue weighted by molar-refractivity contribution is 5.76. The number of carbonyl (C=O) groups is 1. The Kier molecular flexibility index (Phi) is 5.25. The molecular formula is C21H30N2O2. The monoisotopic (exact) mass is 342 g/mol. The Balaban J connectivity index is 1.23. The van der Waals surface area contributed by atoms with E-state index < -0.39 is 0 Å². The fourth-order valence-corrected chi connectivity index (χ4v) is 4.80. The average Bonchev–Trinajstić information content (AvgIpc) is 3.12. The summed E-state index contributed by atoms with van der Waals surface area (Å²) in [5, 5.41) is 3.22. The quantitative estimate of drug-likeness (QED) is 0.894. The molecule has 3 aliphatic heterocycles. The van der Waals surface area contributed by atoms with E-state index in [4.69, 9.17) is 4.74 Å². The molecule has 2 saturated heterocycles. The maximum atomic E-state index is 12.3. The normalized spacial score (nSPS) is 25.8. The first-order chi connectivity index (χ1) is 12.3. The van der Waals surface area contributed by atoms with Crippen LogP contribution in [0, 0.1) is 5.92 Å². The van der Waals surface area contributed by atoms with E-state index in [1.807, 2.05) is 0 Å². The number of ether oxygens (including phenoxy) is 1. The van der Waals surface area contributed by atoms with Gasteiger partial charge in [-0.1, -0.05) is 18.6 Å². The van der Waals surface area contributed by atoms with E-state index in [9.17, 15) is 4.79 Å².